The third-order valence-corrected chi connectivity index (χ3v) is 1.95. The van der Waals surface area contributed by atoms with Gasteiger partial charge in [0.25, 0.3) is 0 Å². The van der Waals surface area contributed by atoms with Gasteiger partial charge in [-0.1, -0.05) is 6.92 Å². The Hall–Kier alpha value is -0.160. The minimum absolute atomic E-state index is 0.232. The summed E-state index contributed by atoms with van der Waals surface area (Å²) >= 11 is 0. The second kappa shape index (κ2) is 12.8. The fourth-order valence-electron chi connectivity index (χ4n) is 1.18. The summed E-state index contributed by atoms with van der Waals surface area (Å²) in [5.74, 6) is 0. The molecule has 0 rings (SSSR count). The van der Waals surface area contributed by atoms with E-state index >= 15 is 0 Å². The van der Waals surface area contributed by atoms with E-state index in [2.05, 4.69) is 22.9 Å². The number of nitrogens with one attached hydrogen (secondary N) is 3. The molecule has 86 valence electrons. The van der Waals surface area contributed by atoms with Crippen molar-refractivity contribution in [3.63, 3.8) is 0 Å². The van der Waals surface area contributed by atoms with Gasteiger partial charge in [0.2, 0.25) is 0 Å². The summed E-state index contributed by atoms with van der Waals surface area (Å²) in [5, 5.41) is 18.3. The molecule has 0 spiro atoms. The highest BCUT2D eigenvalue weighted by molar-refractivity contribution is 4.53. The van der Waals surface area contributed by atoms with Crippen LogP contribution >= 0.6 is 0 Å². The molecule has 0 radical (unpaired) electrons. The Labute approximate surface area is 87.5 Å². The van der Waals surface area contributed by atoms with Crippen LogP contribution in [0.3, 0.4) is 0 Å². The zero-order chi connectivity index (χ0) is 10.5. The van der Waals surface area contributed by atoms with E-state index in [-0.39, 0.29) is 6.61 Å². The largest absolute Gasteiger partial charge is 0.395 e. The molecular weight excluding hydrogens is 178 g/mol. The van der Waals surface area contributed by atoms with Gasteiger partial charge in [-0.25, -0.2) is 0 Å². The first-order valence-electron chi connectivity index (χ1n) is 5.64. The molecule has 0 saturated carbocycles. The van der Waals surface area contributed by atoms with Gasteiger partial charge in [-0.05, 0) is 45.6 Å². The van der Waals surface area contributed by atoms with E-state index in [1.54, 1.807) is 0 Å². The Balaban J connectivity index is 2.78. The fraction of sp³-hybridized carbons (Fsp3) is 1.00. The number of hydrogen-bond acceptors (Lipinski definition) is 4. The molecule has 0 aromatic heterocycles. The first-order valence-corrected chi connectivity index (χ1v) is 5.64. The molecule has 14 heavy (non-hydrogen) atoms. The first kappa shape index (κ1) is 13.8. The van der Waals surface area contributed by atoms with Crippen molar-refractivity contribution in [1.29, 1.82) is 0 Å². The molecule has 0 aromatic carbocycles. The average molecular weight is 203 g/mol. The Morgan fingerprint density at radius 3 is 1.79 bits per heavy atom. The van der Waals surface area contributed by atoms with Gasteiger partial charge in [-0.15, -0.1) is 0 Å². The van der Waals surface area contributed by atoms with Crippen molar-refractivity contribution in [2.75, 3.05) is 45.9 Å². The summed E-state index contributed by atoms with van der Waals surface area (Å²) in [4.78, 5) is 0. The Bertz CT molecular complexity index is 89.4. The SMILES string of the molecule is CCNCCCNCCCNCCO. The van der Waals surface area contributed by atoms with Crippen LogP contribution in [0.5, 0.6) is 0 Å². The molecule has 4 nitrogen and oxygen atoms in total. The summed E-state index contributed by atoms with van der Waals surface area (Å²) in [6, 6.07) is 0. The lowest BCUT2D eigenvalue weighted by molar-refractivity contribution is 0.292. The van der Waals surface area contributed by atoms with Crippen molar-refractivity contribution < 1.29 is 5.11 Å². The predicted molar refractivity (Wildman–Crippen MR) is 60.6 cm³/mol. The van der Waals surface area contributed by atoms with Crippen molar-refractivity contribution in [3.8, 4) is 0 Å². The average Bonchev–Trinajstić information content (AvgIpc) is 2.21. The maximum atomic E-state index is 8.50. The molecule has 0 saturated heterocycles. The van der Waals surface area contributed by atoms with Crippen LogP contribution in [0.2, 0.25) is 0 Å². The lowest BCUT2D eigenvalue weighted by atomic mass is 10.3. The summed E-state index contributed by atoms with van der Waals surface area (Å²) in [6.45, 7) is 8.37. The van der Waals surface area contributed by atoms with Crippen LogP contribution in [0.1, 0.15) is 19.8 Å². The van der Waals surface area contributed by atoms with E-state index in [0.717, 1.165) is 39.1 Å². The lowest BCUT2D eigenvalue weighted by Crippen LogP contribution is -2.26. The van der Waals surface area contributed by atoms with Crippen molar-refractivity contribution >= 4 is 0 Å². The third kappa shape index (κ3) is 11.8. The molecule has 0 unspecified atom stereocenters. The molecular formula is C10H25N3O. The smallest absolute Gasteiger partial charge is 0.0555 e. The Kier molecular flexibility index (Phi) is 12.7. The van der Waals surface area contributed by atoms with Crippen LogP contribution < -0.4 is 16.0 Å². The van der Waals surface area contributed by atoms with Crippen LogP contribution in [-0.4, -0.2) is 51.0 Å². The summed E-state index contributed by atoms with van der Waals surface area (Å²) in [7, 11) is 0. The zero-order valence-corrected chi connectivity index (χ0v) is 9.31. The number of hydrogen-bond donors (Lipinski definition) is 4. The summed E-state index contributed by atoms with van der Waals surface area (Å²) in [5.41, 5.74) is 0. The molecule has 0 aliphatic rings. The molecule has 4 heteroatoms. The van der Waals surface area contributed by atoms with Crippen molar-refractivity contribution in [3.05, 3.63) is 0 Å². The minimum atomic E-state index is 0.232. The van der Waals surface area contributed by atoms with Gasteiger partial charge in [0.1, 0.15) is 0 Å². The molecule has 0 bridgehead atoms. The standard InChI is InChI=1S/C10H25N3O/c1-2-11-5-3-6-12-7-4-8-13-9-10-14/h11-14H,2-10H2,1H3. The van der Waals surface area contributed by atoms with Gasteiger partial charge in [0, 0.05) is 6.54 Å². The van der Waals surface area contributed by atoms with Crippen LogP contribution in [-0.2, 0) is 0 Å². The van der Waals surface area contributed by atoms with Crippen LogP contribution in [0, 0.1) is 0 Å². The Morgan fingerprint density at radius 2 is 1.29 bits per heavy atom. The molecule has 0 aliphatic heterocycles. The molecule has 0 amide bonds. The highest BCUT2D eigenvalue weighted by atomic mass is 16.3. The third-order valence-electron chi connectivity index (χ3n) is 1.95. The number of aliphatic hydroxyl groups is 1. The van der Waals surface area contributed by atoms with Crippen molar-refractivity contribution in [2.24, 2.45) is 0 Å². The second-order valence-electron chi connectivity index (χ2n) is 3.28. The topological polar surface area (TPSA) is 56.3 Å². The van der Waals surface area contributed by atoms with E-state index in [4.69, 9.17) is 5.11 Å². The molecule has 4 N–H and O–H groups in total. The first-order chi connectivity index (χ1) is 6.91. The van der Waals surface area contributed by atoms with E-state index in [1.807, 2.05) is 0 Å². The van der Waals surface area contributed by atoms with E-state index in [9.17, 15) is 0 Å². The van der Waals surface area contributed by atoms with Crippen LogP contribution in [0.25, 0.3) is 0 Å². The second-order valence-corrected chi connectivity index (χ2v) is 3.28. The molecule has 0 aliphatic carbocycles. The highest BCUT2D eigenvalue weighted by Gasteiger charge is 1.88. The molecule has 0 heterocycles. The van der Waals surface area contributed by atoms with Crippen LogP contribution in [0.15, 0.2) is 0 Å². The predicted octanol–water partition coefficient (Wildman–Crippen LogP) is -0.452. The monoisotopic (exact) mass is 203 g/mol. The highest BCUT2D eigenvalue weighted by Crippen LogP contribution is 1.76. The number of rotatable bonds is 11. The van der Waals surface area contributed by atoms with Gasteiger partial charge in [0.05, 0.1) is 6.61 Å². The quantitative estimate of drug-likeness (QED) is 0.344. The number of aliphatic hydroxyl groups excluding tert-OH is 1. The normalized spacial score (nSPS) is 10.7. The van der Waals surface area contributed by atoms with Gasteiger partial charge < -0.3 is 21.1 Å². The zero-order valence-electron chi connectivity index (χ0n) is 9.31. The van der Waals surface area contributed by atoms with E-state index in [0.29, 0.717) is 6.54 Å². The lowest BCUT2D eigenvalue weighted by Gasteiger charge is -2.05. The van der Waals surface area contributed by atoms with E-state index in [1.165, 1.54) is 6.42 Å². The molecule has 0 fully saturated rings. The van der Waals surface area contributed by atoms with Crippen LogP contribution in [0.4, 0.5) is 0 Å². The summed E-state index contributed by atoms with van der Waals surface area (Å²) in [6.07, 6.45) is 2.32. The van der Waals surface area contributed by atoms with E-state index < -0.39 is 0 Å². The van der Waals surface area contributed by atoms with Gasteiger partial charge in [0.15, 0.2) is 0 Å². The maximum Gasteiger partial charge on any atom is 0.0555 e. The Morgan fingerprint density at radius 1 is 0.786 bits per heavy atom. The van der Waals surface area contributed by atoms with Crippen molar-refractivity contribution in [2.45, 2.75) is 19.8 Å². The fourth-order valence-corrected chi connectivity index (χ4v) is 1.18. The molecule has 0 atom stereocenters. The minimum Gasteiger partial charge on any atom is -0.395 e. The van der Waals surface area contributed by atoms with Gasteiger partial charge in [-0.2, -0.15) is 0 Å². The van der Waals surface area contributed by atoms with Gasteiger partial charge in [-0.3, -0.25) is 0 Å². The van der Waals surface area contributed by atoms with Gasteiger partial charge >= 0.3 is 0 Å². The molecule has 0 aromatic rings. The maximum absolute atomic E-state index is 8.50. The van der Waals surface area contributed by atoms with Crippen molar-refractivity contribution in [1.82, 2.24) is 16.0 Å². The summed E-state index contributed by atoms with van der Waals surface area (Å²) < 4.78 is 0.